The van der Waals surface area contributed by atoms with E-state index < -0.39 is 5.60 Å². The van der Waals surface area contributed by atoms with Gasteiger partial charge in [-0.2, -0.15) is 0 Å². The van der Waals surface area contributed by atoms with Gasteiger partial charge < -0.3 is 10.4 Å². The Labute approximate surface area is 126 Å². The van der Waals surface area contributed by atoms with Gasteiger partial charge in [0.05, 0.1) is 14.3 Å². The van der Waals surface area contributed by atoms with Gasteiger partial charge in [-0.05, 0) is 47.3 Å². The van der Waals surface area contributed by atoms with Gasteiger partial charge in [0.25, 0.3) is 5.91 Å². The Morgan fingerprint density at radius 1 is 1.42 bits per heavy atom. The number of amides is 1. The first kappa shape index (κ1) is 15.0. The minimum Gasteiger partial charge on any atom is -0.388 e. The fraction of sp³-hybridized carbons (Fsp3) is 0.643. The van der Waals surface area contributed by atoms with Gasteiger partial charge in [0, 0.05) is 6.54 Å². The van der Waals surface area contributed by atoms with Gasteiger partial charge in [0.15, 0.2) is 0 Å². The molecule has 1 amide bonds. The smallest absolute Gasteiger partial charge is 0.261 e. The fourth-order valence-corrected chi connectivity index (χ4v) is 3.92. The van der Waals surface area contributed by atoms with Crippen LogP contribution < -0.4 is 5.32 Å². The van der Waals surface area contributed by atoms with Crippen LogP contribution in [0.1, 0.15) is 53.8 Å². The van der Waals surface area contributed by atoms with Crippen molar-refractivity contribution < 1.29 is 9.90 Å². The predicted molar refractivity (Wildman–Crippen MR) is 81.7 cm³/mol. The summed E-state index contributed by atoms with van der Waals surface area (Å²) < 4.78 is 0.992. The highest BCUT2D eigenvalue weighted by Crippen LogP contribution is 2.28. The van der Waals surface area contributed by atoms with Crippen molar-refractivity contribution in [1.82, 2.24) is 5.32 Å². The molecule has 2 N–H and O–H groups in total. The Hall–Kier alpha value is -0.390. The van der Waals surface area contributed by atoms with Crippen LogP contribution >= 0.6 is 27.3 Å². The molecule has 1 aliphatic rings. The highest BCUT2D eigenvalue weighted by Gasteiger charge is 2.28. The van der Waals surface area contributed by atoms with E-state index in [4.69, 9.17) is 0 Å². The van der Waals surface area contributed by atoms with Gasteiger partial charge in [0.2, 0.25) is 0 Å². The molecule has 1 heterocycles. The molecule has 106 valence electrons. The number of nitrogens with one attached hydrogen (secondary N) is 1. The predicted octanol–water partition coefficient (Wildman–Crippen LogP) is 3.63. The van der Waals surface area contributed by atoms with Crippen LogP contribution in [0.2, 0.25) is 0 Å². The Morgan fingerprint density at radius 2 is 2.05 bits per heavy atom. The van der Waals surface area contributed by atoms with Crippen LogP contribution in [0.5, 0.6) is 0 Å². The minimum absolute atomic E-state index is 0.0866. The van der Waals surface area contributed by atoms with Crippen LogP contribution in [0.3, 0.4) is 0 Å². The highest BCUT2D eigenvalue weighted by atomic mass is 79.9. The lowest BCUT2D eigenvalue weighted by Crippen LogP contribution is -2.42. The molecule has 0 radical (unpaired) electrons. The summed E-state index contributed by atoms with van der Waals surface area (Å²) in [6.45, 7) is 2.33. The summed E-state index contributed by atoms with van der Waals surface area (Å²) in [5, 5.41) is 13.4. The lowest BCUT2D eigenvalue weighted by molar-refractivity contribution is 0.0247. The number of thiophene rings is 1. The Kier molecular flexibility index (Phi) is 5.03. The molecule has 0 unspecified atom stereocenters. The van der Waals surface area contributed by atoms with E-state index in [0.29, 0.717) is 11.4 Å². The molecular weight excluding hydrogens is 326 g/mol. The Bertz CT molecular complexity index is 431. The van der Waals surface area contributed by atoms with E-state index in [1.165, 1.54) is 24.2 Å². The van der Waals surface area contributed by atoms with Crippen molar-refractivity contribution in [3.63, 3.8) is 0 Å². The van der Waals surface area contributed by atoms with Crippen LogP contribution in [-0.2, 0) is 0 Å². The molecule has 0 bridgehead atoms. The normalized spacial score (nSPS) is 18.9. The molecule has 0 aromatic carbocycles. The molecule has 1 aliphatic carbocycles. The van der Waals surface area contributed by atoms with Crippen molar-refractivity contribution in [3.8, 4) is 0 Å². The maximum Gasteiger partial charge on any atom is 0.261 e. The largest absolute Gasteiger partial charge is 0.388 e. The summed E-state index contributed by atoms with van der Waals surface area (Å²) in [7, 11) is 0. The summed E-state index contributed by atoms with van der Waals surface area (Å²) >= 11 is 4.86. The van der Waals surface area contributed by atoms with E-state index in [0.717, 1.165) is 35.0 Å². The highest BCUT2D eigenvalue weighted by molar-refractivity contribution is 9.11. The lowest BCUT2D eigenvalue weighted by Gasteiger charge is -2.26. The van der Waals surface area contributed by atoms with E-state index in [2.05, 4.69) is 21.2 Å². The number of hydrogen-bond acceptors (Lipinski definition) is 3. The van der Waals surface area contributed by atoms with Crippen molar-refractivity contribution in [3.05, 3.63) is 20.3 Å². The van der Waals surface area contributed by atoms with Gasteiger partial charge in [0.1, 0.15) is 0 Å². The molecular formula is C14H20BrNO2S. The zero-order valence-electron chi connectivity index (χ0n) is 11.2. The Morgan fingerprint density at radius 3 is 2.58 bits per heavy atom. The van der Waals surface area contributed by atoms with Crippen molar-refractivity contribution in [1.29, 1.82) is 0 Å². The van der Waals surface area contributed by atoms with Crippen LogP contribution in [0.4, 0.5) is 0 Å². The second kappa shape index (κ2) is 6.37. The number of carbonyl (C=O) groups excluding carboxylic acids is 1. The fourth-order valence-electron chi connectivity index (χ4n) is 2.47. The molecule has 1 aromatic rings. The molecule has 0 saturated heterocycles. The maximum atomic E-state index is 12.0. The summed E-state index contributed by atoms with van der Waals surface area (Å²) in [4.78, 5) is 12.7. The average molecular weight is 346 g/mol. The number of aryl methyl sites for hydroxylation is 1. The zero-order chi connectivity index (χ0) is 13.9. The molecule has 1 fully saturated rings. The number of carbonyl (C=O) groups is 1. The van der Waals surface area contributed by atoms with Crippen LogP contribution in [0.25, 0.3) is 0 Å². The summed E-state index contributed by atoms with van der Waals surface area (Å²) in [5.74, 6) is -0.0866. The topological polar surface area (TPSA) is 49.3 Å². The number of hydrogen-bond donors (Lipinski definition) is 2. The Balaban J connectivity index is 1.92. The standard InChI is InChI=1S/C14H20BrNO2S/c1-10-8-11(19-12(10)15)13(17)16-9-14(18)6-4-2-3-5-7-14/h8,18H,2-7,9H2,1H3,(H,16,17). The molecule has 5 heteroatoms. The van der Waals surface area contributed by atoms with Gasteiger partial charge in [-0.1, -0.05) is 25.7 Å². The molecule has 0 spiro atoms. The van der Waals surface area contributed by atoms with E-state index in [1.54, 1.807) is 0 Å². The summed E-state index contributed by atoms with van der Waals surface area (Å²) in [6.07, 6.45) is 6.06. The van der Waals surface area contributed by atoms with Crippen molar-refractivity contribution in [2.75, 3.05) is 6.54 Å². The quantitative estimate of drug-likeness (QED) is 0.821. The molecule has 1 aromatic heterocycles. The third kappa shape index (κ3) is 4.04. The maximum absolute atomic E-state index is 12.0. The van der Waals surface area contributed by atoms with Gasteiger partial charge in [-0.3, -0.25) is 4.79 Å². The van der Waals surface area contributed by atoms with Crippen LogP contribution in [0.15, 0.2) is 9.85 Å². The molecule has 3 nitrogen and oxygen atoms in total. The minimum atomic E-state index is -0.713. The number of halogens is 1. The van der Waals surface area contributed by atoms with Gasteiger partial charge >= 0.3 is 0 Å². The second-order valence-corrected chi connectivity index (χ2v) is 7.76. The van der Waals surface area contributed by atoms with Crippen LogP contribution in [-0.4, -0.2) is 23.2 Å². The van der Waals surface area contributed by atoms with E-state index in [1.807, 2.05) is 13.0 Å². The summed E-state index contributed by atoms with van der Waals surface area (Å²) in [5.41, 5.74) is 0.360. The first-order valence-corrected chi connectivity index (χ1v) is 8.38. The molecule has 2 rings (SSSR count). The molecule has 19 heavy (non-hydrogen) atoms. The molecule has 1 saturated carbocycles. The molecule has 0 atom stereocenters. The third-order valence-corrected chi connectivity index (χ3v) is 5.83. The van der Waals surface area contributed by atoms with E-state index in [9.17, 15) is 9.90 Å². The lowest BCUT2D eigenvalue weighted by atomic mass is 9.94. The SMILES string of the molecule is Cc1cc(C(=O)NCC2(O)CCCCCC2)sc1Br. The second-order valence-electron chi connectivity index (χ2n) is 5.39. The third-order valence-electron chi connectivity index (χ3n) is 3.69. The first-order chi connectivity index (χ1) is 9.00. The van der Waals surface area contributed by atoms with Gasteiger partial charge in [-0.15, -0.1) is 11.3 Å². The van der Waals surface area contributed by atoms with Gasteiger partial charge in [-0.25, -0.2) is 0 Å². The van der Waals surface area contributed by atoms with Crippen molar-refractivity contribution in [2.24, 2.45) is 0 Å². The first-order valence-electron chi connectivity index (χ1n) is 6.77. The molecule has 0 aliphatic heterocycles. The van der Waals surface area contributed by atoms with E-state index in [-0.39, 0.29) is 5.91 Å². The monoisotopic (exact) mass is 345 g/mol. The summed E-state index contributed by atoms with van der Waals surface area (Å²) in [6, 6.07) is 1.88. The zero-order valence-corrected chi connectivity index (χ0v) is 13.6. The average Bonchev–Trinajstić information content (AvgIpc) is 2.60. The van der Waals surface area contributed by atoms with Crippen molar-refractivity contribution in [2.45, 2.75) is 51.0 Å². The van der Waals surface area contributed by atoms with Crippen molar-refractivity contribution >= 4 is 33.2 Å². The van der Waals surface area contributed by atoms with Crippen LogP contribution in [0, 0.1) is 6.92 Å². The number of aliphatic hydroxyl groups is 1. The number of rotatable bonds is 3. The van der Waals surface area contributed by atoms with E-state index >= 15 is 0 Å².